The summed E-state index contributed by atoms with van der Waals surface area (Å²) in [5.41, 5.74) is 1.73. The number of nitrogens with zero attached hydrogens (tertiary/aromatic N) is 1. The highest BCUT2D eigenvalue weighted by atomic mass is 16.4. The van der Waals surface area contributed by atoms with Gasteiger partial charge in [0.2, 0.25) is 0 Å². The van der Waals surface area contributed by atoms with Crippen LogP contribution in [-0.4, -0.2) is 28.5 Å². The molecule has 1 aromatic rings. The Hall–Kier alpha value is -2.17. The van der Waals surface area contributed by atoms with Crippen molar-refractivity contribution in [2.75, 3.05) is 6.54 Å². The summed E-state index contributed by atoms with van der Waals surface area (Å²) < 4.78 is 0. The van der Waals surface area contributed by atoms with Gasteiger partial charge in [0.1, 0.15) is 0 Å². The molecule has 1 amide bonds. The van der Waals surface area contributed by atoms with Gasteiger partial charge in [-0.1, -0.05) is 25.5 Å². The van der Waals surface area contributed by atoms with Crippen LogP contribution in [0, 0.1) is 23.7 Å². The van der Waals surface area contributed by atoms with E-state index in [0.717, 1.165) is 12.0 Å². The van der Waals surface area contributed by atoms with E-state index < -0.39 is 5.97 Å². The Kier molecular flexibility index (Phi) is 6.12. The lowest BCUT2D eigenvalue weighted by Crippen LogP contribution is -2.37. The molecule has 5 nitrogen and oxygen atoms in total. The minimum Gasteiger partial charge on any atom is -0.481 e. The molecule has 0 aromatic carbocycles. The SMILES string of the molecule is CC1=C[C@@H](CNC(=O)c2ccncc2)[C@H](C(C)C)C[C@H]1CC(=O)O. The maximum absolute atomic E-state index is 12.2. The molecule has 0 bridgehead atoms. The van der Waals surface area contributed by atoms with Crippen LogP contribution >= 0.6 is 0 Å². The number of aliphatic carboxylic acids is 1. The normalized spacial score (nSPS) is 23.7. The largest absolute Gasteiger partial charge is 0.481 e. The summed E-state index contributed by atoms with van der Waals surface area (Å²) >= 11 is 0. The van der Waals surface area contributed by atoms with Crippen LogP contribution in [0.5, 0.6) is 0 Å². The van der Waals surface area contributed by atoms with Gasteiger partial charge in [-0.15, -0.1) is 0 Å². The average molecular weight is 330 g/mol. The number of aromatic nitrogens is 1. The second-order valence-corrected chi connectivity index (χ2v) is 6.96. The summed E-state index contributed by atoms with van der Waals surface area (Å²) in [6.45, 7) is 6.90. The third kappa shape index (κ3) is 4.66. The number of carbonyl (C=O) groups is 2. The fourth-order valence-electron chi connectivity index (χ4n) is 3.53. The lowest BCUT2D eigenvalue weighted by atomic mass is 9.70. The first-order valence-electron chi connectivity index (χ1n) is 8.46. The molecule has 0 radical (unpaired) electrons. The fourth-order valence-corrected chi connectivity index (χ4v) is 3.53. The molecule has 0 saturated carbocycles. The predicted octanol–water partition coefficient (Wildman–Crippen LogP) is 3.14. The van der Waals surface area contributed by atoms with Gasteiger partial charge in [0.25, 0.3) is 5.91 Å². The topological polar surface area (TPSA) is 79.3 Å². The van der Waals surface area contributed by atoms with Crippen LogP contribution in [0.2, 0.25) is 0 Å². The van der Waals surface area contributed by atoms with Gasteiger partial charge >= 0.3 is 5.97 Å². The molecule has 2 N–H and O–H groups in total. The van der Waals surface area contributed by atoms with E-state index >= 15 is 0 Å². The highest BCUT2D eigenvalue weighted by Crippen LogP contribution is 2.38. The highest BCUT2D eigenvalue weighted by Gasteiger charge is 2.32. The van der Waals surface area contributed by atoms with Crippen LogP contribution in [0.15, 0.2) is 36.2 Å². The Morgan fingerprint density at radius 3 is 2.58 bits per heavy atom. The molecule has 0 unspecified atom stereocenters. The second kappa shape index (κ2) is 8.08. The van der Waals surface area contributed by atoms with Crippen LogP contribution in [0.3, 0.4) is 0 Å². The summed E-state index contributed by atoms with van der Waals surface area (Å²) in [7, 11) is 0. The molecule has 1 aliphatic rings. The van der Waals surface area contributed by atoms with E-state index in [1.54, 1.807) is 24.5 Å². The van der Waals surface area contributed by atoms with Gasteiger partial charge in [-0.25, -0.2) is 0 Å². The summed E-state index contributed by atoms with van der Waals surface area (Å²) in [4.78, 5) is 27.2. The van der Waals surface area contributed by atoms with Crippen molar-refractivity contribution >= 4 is 11.9 Å². The van der Waals surface area contributed by atoms with Crippen molar-refractivity contribution in [3.63, 3.8) is 0 Å². The number of carbonyl (C=O) groups excluding carboxylic acids is 1. The molecule has 24 heavy (non-hydrogen) atoms. The maximum Gasteiger partial charge on any atom is 0.303 e. The molecule has 0 spiro atoms. The van der Waals surface area contributed by atoms with E-state index in [0.29, 0.717) is 23.9 Å². The first-order chi connectivity index (χ1) is 11.4. The number of amides is 1. The van der Waals surface area contributed by atoms with Gasteiger partial charge in [0.05, 0.1) is 6.42 Å². The molecule has 1 aromatic heterocycles. The van der Waals surface area contributed by atoms with Crippen LogP contribution in [0.25, 0.3) is 0 Å². The summed E-state index contributed by atoms with van der Waals surface area (Å²) in [5.74, 6) is 0.297. The molecule has 1 heterocycles. The third-order valence-corrected chi connectivity index (χ3v) is 4.95. The molecule has 130 valence electrons. The van der Waals surface area contributed by atoms with Gasteiger partial charge in [-0.2, -0.15) is 0 Å². The van der Waals surface area contributed by atoms with Gasteiger partial charge in [-0.3, -0.25) is 14.6 Å². The molecular weight excluding hydrogens is 304 g/mol. The fraction of sp³-hybridized carbons (Fsp3) is 0.526. The zero-order valence-corrected chi connectivity index (χ0v) is 14.5. The molecular formula is C19H26N2O3. The molecule has 5 heteroatoms. The van der Waals surface area contributed by atoms with Crippen molar-refractivity contribution in [3.05, 3.63) is 41.7 Å². The number of rotatable bonds is 6. The summed E-state index contributed by atoms with van der Waals surface area (Å²) in [5, 5.41) is 12.1. The monoisotopic (exact) mass is 330 g/mol. The van der Waals surface area contributed by atoms with Crippen LogP contribution in [0.4, 0.5) is 0 Å². The first kappa shape index (κ1) is 18.2. The quantitative estimate of drug-likeness (QED) is 0.785. The van der Waals surface area contributed by atoms with Gasteiger partial charge in [0.15, 0.2) is 0 Å². The highest BCUT2D eigenvalue weighted by molar-refractivity contribution is 5.93. The first-order valence-corrected chi connectivity index (χ1v) is 8.46. The van der Waals surface area contributed by atoms with Crippen molar-refractivity contribution in [1.29, 1.82) is 0 Å². The average Bonchev–Trinajstić information content (AvgIpc) is 2.54. The Morgan fingerprint density at radius 1 is 1.33 bits per heavy atom. The molecule has 3 atom stereocenters. The maximum atomic E-state index is 12.2. The standard InChI is InChI=1S/C19H26N2O3/c1-12(2)17-9-15(10-18(22)23)13(3)8-16(17)11-21-19(24)14-4-6-20-7-5-14/h4-8,12,15-17H,9-11H2,1-3H3,(H,21,24)(H,22,23)/t15-,16-,17-/m0/s1. The van der Waals surface area contributed by atoms with E-state index in [2.05, 4.69) is 30.2 Å². The van der Waals surface area contributed by atoms with Crippen molar-refractivity contribution in [3.8, 4) is 0 Å². The number of carboxylic acids is 1. The van der Waals surface area contributed by atoms with E-state index in [9.17, 15) is 9.59 Å². The van der Waals surface area contributed by atoms with E-state index in [-0.39, 0.29) is 24.2 Å². The minimum atomic E-state index is -0.750. The van der Waals surface area contributed by atoms with Crippen LogP contribution in [0.1, 0.15) is 44.0 Å². The number of hydrogen-bond acceptors (Lipinski definition) is 3. The third-order valence-electron chi connectivity index (χ3n) is 4.95. The zero-order valence-electron chi connectivity index (χ0n) is 14.5. The smallest absolute Gasteiger partial charge is 0.303 e. The van der Waals surface area contributed by atoms with Crippen LogP contribution in [-0.2, 0) is 4.79 Å². The molecule has 0 aliphatic heterocycles. The number of carboxylic acid groups (broad SMARTS) is 1. The molecule has 2 rings (SSSR count). The number of nitrogens with one attached hydrogen (secondary N) is 1. The van der Waals surface area contributed by atoms with Crippen molar-refractivity contribution in [1.82, 2.24) is 10.3 Å². The minimum absolute atomic E-state index is 0.0985. The lowest BCUT2D eigenvalue weighted by molar-refractivity contribution is -0.138. The van der Waals surface area contributed by atoms with Crippen LogP contribution < -0.4 is 5.32 Å². The Labute approximate surface area is 143 Å². The molecule has 1 aliphatic carbocycles. The molecule has 0 saturated heterocycles. The van der Waals surface area contributed by atoms with E-state index in [1.807, 2.05) is 6.92 Å². The van der Waals surface area contributed by atoms with Crippen molar-refractivity contribution in [2.24, 2.45) is 23.7 Å². The van der Waals surface area contributed by atoms with Gasteiger partial charge in [0, 0.05) is 24.5 Å². The number of pyridine rings is 1. The second-order valence-electron chi connectivity index (χ2n) is 6.96. The van der Waals surface area contributed by atoms with Crippen molar-refractivity contribution < 1.29 is 14.7 Å². The van der Waals surface area contributed by atoms with Crippen molar-refractivity contribution in [2.45, 2.75) is 33.6 Å². The Bertz CT molecular complexity index is 610. The summed E-state index contributed by atoms with van der Waals surface area (Å²) in [6, 6.07) is 3.39. The summed E-state index contributed by atoms with van der Waals surface area (Å²) in [6.07, 6.45) is 6.42. The predicted molar refractivity (Wildman–Crippen MR) is 92.5 cm³/mol. The van der Waals surface area contributed by atoms with Gasteiger partial charge < -0.3 is 10.4 Å². The number of allylic oxidation sites excluding steroid dienone is 1. The van der Waals surface area contributed by atoms with E-state index in [4.69, 9.17) is 5.11 Å². The zero-order chi connectivity index (χ0) is 17.7. The lowest BCUT2D eigenvalue weighted by Gasteiger charge is -2.36. The Morgan fingerprint density at radius 2 is 2.00 bits per heavy atom. The molecule has 0 fully saturated rings. The van der Waals surface area contributed by atoms with E-state index in [1.165, 1.54) is 0 Å². The Balaban J connectivity index is 2.05. The van der Waals surface area contributed by atoms with Gasteiger partial charge in [-0.05, 0) is 49.1 Å². The number of hydrogen-bond donors (Lipinski definition) is 2.